The van der Waals surface area contributed by atoms with Crippen molar-refractivity contribution in [1.82, 2.24) is 0 Å². The van der Waals surface area contributed by atoms with E-state index >= 15 is 0 Å². The number of rotatable bonds is 3. The Morgan fingerprint density at radius 1 is 1.33 bits per heavy atom. The molecule has 0 saturated carbocycles. The molecule has 0 aromatic heterocycles. The number of para-hydroxylation sites is 1. The largest absolute Gasteiger partial charge is 0.323 e. The summed E-state index contributed by atoms with van der Waals surface area (Å²) in [5.74, 6) is 2.70. The molecule has 1 aromatic carbocycles. The number of hydrogen-bond acceptors (Lipinski definition) is 3. The minimum absolute atomic E-state index is 0.454. The third-order valence-corrected chi connectivity index (χ3v) is 2.05. The summed E-state index contributed by atoms with van der Waals surface area (Å²) >= 11 is 0.474. The molecule has 0 unspecified atom stereocenters. The zero-order chi connectivity index (χ0) is 8.97. The smallest absolute Gasteiger partial charge is 0.288 e. The molecule has 2 nitrogen and oxygen atoms in total. The molecule has 0 aliphatic carbocycles. The number of thioether (sulfide) groups is 1. The van der Waals surface area contributed by atoms with Gasteiger partial charge in [-0.15, -0.1) is 0 Å². The van der Waals surface area contributed by atoms with Crippen molar-refractivity contribution in [3.8, 4) is 0 Å². The summed E-state index contributed by atoms with van der Waals surface area (Å²) < 4.78 is 23.9. The van der Waals surface area contributed by atoms with Crippen LogP contribution in [0.4, 0.5) is 14.5 Å². The zero-order valence-electron chi connectivity index (χ0n) is 6.13. The molecule has 0 aliphatic rings. The fourth-order valence-corrected chi connectivity index (χ4v) is 1.39. The van der Waals surface area contributed by atoms with Crippen LogP contribution in [0.25, 0.3) is 0 Å². The number of benzene rings is 1. The number of hydrazine groups is 1. The van der Waals surface area contributed by atoms with E-state index in [9.17, 15) is 8.78 Å². The molecule has 3 N–H and O–H groups in total. The van der Waals surface area contributed by atoms with Gasteiger partial charge in [-0.1, -0.05) is 23.9 Å². The Kier molecular flexibility index (Phi) is 3.31. The highest BCUT2D eigenvalue weighted by Crippen LogP contribution is 2.30. The van der Waals surface area contributed by atoms with Gasteiger partial charge in [-0.2, -0.15) is 8.78 Å². The predicted molar refractivity (Wildman–Crippen MR) is 46.1 cm³/mol. The van der Waals surface area contributed by atoms with Crippen molar-refractivity contribution in [3.63, 3.8) is 0 Å². The van der Waals surface area contributed by atoms with Crippen molar-refractivity contribution in [3.05, 3.63) is 24.3 Å². The maximum Gasteiger partial charge on any atom is 0.288 e. The van der Waals surface area contributed by atoms with Gasteiger partial charge in [0.15, 0.2) is 0 Å². The molecule has 1 aromatic rings. The molecule has 0 amide bonds. The van der Waals surface area contributed by atoms with Crippen LogP contribution in [0.15, 0.2) is 29.2 Å². The number of nitrogen functional groups attached to an aromatic ring is 1. The first-order valence-corrected chi connectivity index (χ1v) is 4.12. The van der Waals surface area contributed by atoms with E-state index in [-0.39, 0.29) is 0 Å². The van der Waals surface area contributed by atoms with Crippen LogP contribution in [0.5, 0.6) is 0 Å². The first kappa shape index (κ1) is 9.28. The Balaban J connectivity index is 2.82. The second-order valence-corrected chi connectivity index (χ2v) is 3.05. The molecule has 5 heteroatoms. The maximum atomic E-state index is 11.9. The number of alkyl halides is 2. The number of nitrogens with two attached hydrogens (primary N) is 1. The summed E-state index contributed by atoms with van der Waals surface area (Å²) in [5, 5.41) is 0. The Morgan fingerprint density at radius 2 is 2.00 bits per heavy atom. The quantitative estimate of drug-likeness (QED) is 0.436. The lowest BCUT2D eigenvalue weighted by Crippen LogP contribution is -2.07. The number of halogens is 2. The summed E-state index contributed by atoms with van der Waals surface area (Å²) in [6.07, 6.45) is 0. The Bertz CT molecular complexity index is 255. The molecule has 0 spiro atoms. The highest BCUT2D eigenvalue weighted by atomic mass is 32.2. The van der Waals surface area contributed by atoms with E-state index < -0.39 is 5.76 Å². The summed E-state index contributed by atoms with van der Waals surface area (Å²) in [7, 11) is 0. The summed E-state index contributed by atoms with van der Waals surface area (Å²) in [6.45, 7) is 0. The van der Waals surface area contributed by atoms with Gasteiger partial charge in [0.2, 0.25) is 0 Å². The molecule has 0 saturated heterocycles. The highest BCUT2D eigenvalue weighted by molar-refractivity contribution is 7.99. The van der Waals surface area contributed by atoms with E-state index in [0.717, 1.165) is 0 Å². The van der Waals surface area contributed by atoms with E-state index in [2.05, 4.69) is 5.43 Å². The van der Waals surface area contributed by atoms with Crippen LogP contribution in [0, 0.1) is 0 Å². The molecule has 0 bridgehead atoms. The molecule has 66 valence electrons. The van der Waals surface area contributed by atoms with Crippen molar-refractivity contribution in [1.29, 1.82) is 0 Å². The Labute approximate surface area is 73.1 Å². The van der Waals surface area contributed by atoms with Crippen LogP contribution < -0.4 is 11.3 Å². The molecule has 1 rings (SSSR count). The highest BCUT2D eigenvalue weighted by Gasteiger charge is 2.07. The minimum atomic E-state index is -2.42. The van der Waals surface area contributed by atoms with Crippen molar-refractivity contribution < 1.29 is 8.78 Å². The second-order valence-electron chi connectivity index (χ2n) is 2.02. The molecule has 0 aliphatic heterocycles. The SMILES string of the molecule is NNc1ccccc1SC(F)F. The van der Waals surface area contributed by atoms with E-state index in [0.29, 0.717) is 22.3 Å². The minimum Gasteiger partial charge on any atom is -0.323 e. The number of anilines is 1. The van der Waals surface area contributed by atoms with Crippen LogP contribution in [-0.2, 0) is 0 Å². The third-order valence-electron chi connectivity index (χ3n) is 1.26. The van der Waals surface area contributed by atoms with E-state index in [1.54, 1.807) is 24.3 Å². The number of nitrogens with one attached hydrogen (secondary N) is 1. The third kappa shape index (κ3) is 2.35. The van der Waals surface area contributed by atoms with Crippen molar-refractivity contribution in [2.45, 2.75) is 10.7 Å². The molecule has 0 atom stereocenters. The first-order chi connectivity index (χ1) is 5.74. The molecule has 12 heavy (non-hydrogen) atoms. The van der Waals surface area contributed by atoms with Crippen molar-refractivity contribution in [2.24, 2.45) is 5.84 Å². The van der Waals surface area contributed by atoms with Gasteiger partial charge in [0.1, 0.15) is 0 Å². The fraction of sp³-hybridized carbons (Fsp3) is 0.143. The predicted octanol–water partition coefficient (Wildman–Crippen LogP) is 2.29. The van der Waals surface area contributed by atoms with Gasteiger partial charge in [0.25, 0.3) is 5.76 Å². The standard InChI is InChI=1S/C7H8F2N2S/c8-7(9)12-6-4-2-1-3-5(6)11-10/h1-4,7,11H,10H2. The zero-order valence-corrected chi connectivity index (χ0v) is 6.94. The lowest BCUT2D eigenvalue weighted by molar-refractivity contribution is 0.252. The number of hydrogen-bond donors (Lipinski definition) is 2. The molecule has 0 fully saturated rings. The summed E-state index contributed by atoms with van der Waals surface area (Å²) in [6, 6.07) is 6.65. The molecular weight excluding hydrogens is 182 g/mol. The van der Waals surface area contributed by atoms with Gasteiger partial charge in [-0.25, -0.2) is 0 Å². The molecular formula is C7H8F2N2S. The van der Waals surface area contributed by atoms with Crippen molar-refractivity contribution in [2.75, 3.05) is 5.43 Å². The maximum absolute atomic E-state index is 11.9. The van der Waals surface area contributed by atoms with Gasteiger partial charge >= 0.3 is 0 Å². The summed E-state index contributed by atoms with van der Waals surface area (Å²) in [5.41, 5.74) is 2.86. The summed E-state index contributed by atoms with van der Waals surface area (Å²) in [4.78, 5) is 0.454. The van der Waals surface area contributed by atoms with Crippen LogP contribution in [0.1, 0.15) is 0 Å². The van der Waals surface area contributed by atoms with Crippen LogP contribution in [-0.4, -0.2) is 5.76 Å². The van der Waals surface area contributed by atoms with E-state index in [1.807, 2.05) is 0 Å². The van der Waals surface area contributed by atoms with Crippen LogP contribution >= 0.6 is 11.8 Å². The lowest BCUT2D eigenvalue weighted by atomic mass is 10.3. The Hall–Kier alpha value is -0.810. The van der Waals surface area contributed by atoms with Crippen LogP contribution in [0.3, 0.4) is 0 Å². The normalized spacial score (nSPS) is 10.3. The Morgan fingerprint density at radius 3 is 2.58 bits per heavy atom. The van der Waals surface area contributed by atoms with Gasteiger partial charge in [0, 0.05) is 4.90 Å². The average Bonchev–Trinajstić information content (AvgIpc) is 2.04. The van der Waals surface area contributed by atoms with Crippen molar-refractivity contribution >= 4 is 17.4 Å². The van der Waals surface area contributed by atoms with Gasteiger partial charge < -0.3 is 5.43 Å². The lowest BCUT2D eigenvalue weighted by Gasteiger charge is -2.06. The van der Waals surface area contributed by atoms with Crippen LogP contribution in [0.2, 0.25) is 0 Å². The fourth-order valence-electron chi connectivity index (χ4n) is 0.785. The van der Waals surface area contributed by atoms with Gasteiger partial charge in [0.05, 0.1) is 5.69 Å². The van der Waals surface area contributed by atoms with E-state index in [4.69, 9.17) is 5.84 Å². The first-order valence-electron chi connectivity index (χ1n) is 3.24. The molecule has 0 heterocycles. The van der Waals surface area contributed by atoms with E-state index in [1.165, 1.54) is 0 Å². The molecule has 0 radical (unpaired) electrons. The average molecular weight is 190 g/mol. The second kappa shape index (κ2) is 4.27. The van der Waals surface area contributed by atoms with Gasteiger partial charge in [-0.05, 0) is 12.1 Å². The topological polar surface area (TPSA) is 38.0 Å². The monoisotopic (exact) mass is 190 g/mol. The van der Waals surface area contributed by atoms with Gasteiger partial charge in [-0.3, -0.25) is 5.84 Å².